The number of methoxy groups -OCH3 is 1. The molecule has 0 spiro atoms. The summed E-state index contributed by atoms with van der Waals surface area (Å²) in [7, 11) is 1.56. The van der Waals surface area contributed by atoms with Crippen molar-refractivity contribution >= 4 is 11.8 Å². The lowest BCUT2D eigenvalue weighted by Gasteiger charge is -2.28. The molecule has 5 nitrogen and oxygen atoms in total. The lowest BCUT2D eigenvalue weighted by Crippen LogP contribution is -2.18. The normalized spacial score (nSPS) is 19.0. The maximum absolute atomic E-state index is 12.3. The Morgan fingerprint density at radius 1 is 1.37 bits per heavy atom. The first-order valence-corrected chi connectivity index (χ1v) is 8.44. The fourth-order valence-electron chi connectivity index (χ4n) is 2.81. The summed E-state index contributed by atoms with van der Waals surface area (Å²) >= 11 is 0. The first-order valence-electron chi connectivity index (χ1n) is 8.44. The van der Waals surface area contributed by atoms with E-state index in [9.17, 15) is 14.7 Å². The molecule has 1 aromatic rings. The second-order valence-electron chi connectivity index (χ2n) is 6.44. The molecule has 1 N–H and O–H groups in total. The minimum atomic E-state index is -1.04. The van der Waals surface area contributed by atoms with Gasteiger partial charge in [0.05, 0.1) is 12.7 Å². The quantitative estimate of drug-likeness (QED) is 0.563. The van der Waals surface area contributed by atoms with Gasteiger partial charge in [0.15, 0.2) is 11.5 Å². The van der Waals surface area contributed by atoms with Crippen molar-refractivity contribution in [2.45, 2.75) is 19.8 Å². The molecule has 0 radical (unpaired) electrons. The maximum Gasteiger partial charge on any atom is 0.335 e. The van der Waals surface area contributed by atoms with Gasteiger partial charge in [-0.2, -0.15) is 0 Å². The molecule has 0 fully saturated rings. The SMILES string of the molecule is C#CCOC1=C(OC)C=CC(C)(/C=C/C(=O)Cc2ccccc2C(=O)O)C1. The van der Waals surface area contributed by atoms with Gasteiger partial charge in [-0.25, -0.2) is 4.79 Å². The Hall–Kier alpha value is -3.26. The van der Waals surface area contributed by atoms with Crippen molar-refractivity contribution in [3.05, 3.63) is 71.2 Å². The van der Waals surface area contributed by atoms with Crippen LogP contribution in [0.5, 0.6) is 0 Å². The van der Waals surface area contributed by atoms with Crippen molar-refractivity contribution in [3.8, 4) is 12.3 Å². The maximum atomic E-state index is 12.3. The molecule has 5 heteroatoms. The van der Waals surface area contributed by atoms with Gasteiger partial charge < -0.3 is 14.6 Å². The number of aromatic carboxylic acids is 1. The second-order valence-corrected chi connectivity index (χ2v) is 6.44. The monoisotopic (exact) mass is 366 g/mol. The van der Waals surface area contributed by atoms with E-state index in [1.165, 1.54) is 12.1 Å². The predicted molar refractivity (Wildman–Crippen MR) is 102 cm³/mol. The van der Waals surface area contributed by atoms with E-state index < -0.39 is 11.4 Å². The summed E-state index contributed by atoms with van der Waals surface area (Å²) in [6, 6.07) is 6.50. The van der Waals surface area contributed by atoms with Crippen LogP contribution in [0, 0.1) is 17.8 Å². The Morgan fingerprint density at radius 3 is 2.78 bits per heavy atom. The molecule has 0 aliphatic heterocycles. The molecular weight excluding hydrogens is 344 g/mol. The minimum absolute atomic E-state index is 0.0262. The van der Waals surface area contributed by atoms with Crippen LogP contribution in [-0.4, -0.2) is 30.6 Å². The lowest BCUT2D eigenvalue weighted by molar-refractivity contribution is -0.114. The number of allylic oxidation sites excluding steroid dienone is 5. The van der Waals surface area contributed by atoms with Crippen LogP contribution in [0.4, 0.5) is 0 Å². The number of carbonyl (C=O) groups excluding carboxylic acids is 1. The van der Waals surface area contributed by atoms with E-state index in [0.717, 1.165) is 0 Å². The third-order valence-corrected chi connectivity index (χ3v) is 4.24. The fraction of sp³-hybridized carbons (Fsp3) is 0.273. The van der Waals surface area contributed by atoms with Crippen LogP contribution in [0.15, 0.2) is 60.1 Å². The van der Waals surface area contributed by atoms with Crippen LogP contribution < -0.4 is 0 Å². The first-order chi connectivity index (χ1) is 12.9. The van der Waals surface area contributed by atoms with E-state index in [1.807, 2.05) is 13.0 Å². The van der Waals surface area contributed by atoms with Crippen molar-refractivity contribution in [3.63, 3.8) is 0 Å². The number of ether oxygens (including phenoxy) is 2. The van der Waals surface area contributed by atoms with Crippen molar-refractivity contribution in [1.29, 1.82) is 0 Å². The van der Waals surface area contributed by atoms with Crippen LogP contribution in [0.3, 0.4) is 0 Å². The number of rotatable bonds is 8. The van der Waals surface area contributed by atoms with E-state index in [-0.39, 0.29) is 24.4 Å². The highest BCUT2D eigenvalue weighted by Gasteiger charge is 2.27. The van der Waals surface area contributed by atoms with Gasteiger partial charge >= 0.3 is 5.97 Å². The van der Waals surface area contributed by atoms with E-state index in [0.29, 0.717) is 23.5 Å². The molecule has 1 aliphatic rings. The predicted octanol–water partition coefficient (Wildman–Crippen LogP) is 3.53. The van der Waals surface area contributed by atoms with Crippen molar-refractivity contribution in [1.82, 2.24) is 0 Å². The zero-order chi connectivity index (χ0) is 19.9. The summed E-state index contributed by atoms with van der Waals surface area (Å²) in [5.74, 6) is 2.45. The summed E-state index contributed by atoms with van der Waals surface area (Å²) in [5.41, 5.74) is 0.192. The molecule has 0 bridgehead atoms. The third-order valence-electron chi connectivity index (χ3n) is 4.24. The Kier molecular flexibility index (Phi) is 6.62. The standard InChI is InChI=1S/C22H22O5/c1-4-13-27-20-15-22(2,12-10-19(20)26-3)11-9-17(23)14-16-7-5-6-8-18(16)21(24)25/h1,5-12H,13-15H2,2-3H3,(H,24,25)/b11-9+. The van der Waals surface area contributed by atoms with Gasteiger partial charge in [-0.15, -0.1) is 6.42 Å². The van der Waals surface area contributed by atoms with Crippen LogP contribution >= 0.6 is 0 Å². The highest BCUT2D eigenvalue weighted by atomic mass is 16.5. The number of carboxylic acids is 1. The highest BCUT2D eigenvalue weighted by molar-refractivity contribution is 5.95. The Labute approximate surface area is 159 Å². The molecule has 1 atom stereocenters. The zero-order valence-electron chi connectivity index (χ0n) is 15.4. The molecule has 1 aromatic carbocycles. The van der Waals surface area contributed by atoms with Gasteiger partial charge in [-0.1, -0.05) is 43.2 Å². The first kappa shape index (κ1) is 20.1. The molecule has 1 aliphatic carbocycles. The summed E-state index contributed by atoms with van der Waals surface area (Å²) in [6.45, 7) is 2.10. The van der Waals surface area contributed by atoms with Gasteiger partial charge in [-0.3, -0.25) is 4.79 Å². The highest BCUT2D eigenvalue weighted by Crippen LogP contribution is 2.36. The molecule has 0 saturated heterocycles. The number of benzene rings is 1. The van der Waals surface area contributed by atoms with Crippen LogP contribution in [0.1, 0.15) is 29.3 Å². The van der Waals surface area contributed by atoms with E-state index in [1.54, 1.807) is 37.5 Å². The topological polar surface area (TPSA) is 72.8 Å². The number of carboxylic acid groups (broad SMARTS) is 1. The summed E-state index contributed by atoms with van der Waals surface area (Å²) < 4.78 is 10.8. The summed E-state index contributed by atoms with van der Waals surface area (Å²) in [4.78, 5) is 23.6. The van der Waals surface area contributed by atoms with Gasteiger partial charge in [0.25, 0.3) is 0 Å². The molecule has 1 unspecified atom stereocenters. The zero-order valence-corrected chi connectivity index (χ0v) is 15.4. The summed E-state index contributed by atoms with van der Waals surface area (Å²) in [6.07, 6.45) is 12.8. The van der Waals surface area contributed by atoms with E-state index >= 15 is 0 Å². The Bertz CT molecular complexity index is 854. The third kappa shape index (κ3) is 5.35. The van der Waals surface area contributed by atoms with Gasteiger partial charge in [0.2, 0.25) is 0 Å². The second kappa shape index (κ2) is 8.91. The molecule has 0 heterocycles. The van der Waals surface area contributed by atoms with Crippen molar-refractivity contribution in [2.24, 2.45) is 5.41 Å². The number of carbonyl (C=O) groups is 2. The molecule has 0 amide bonds. The van der Waals surface area contributed by atoms with Gasteiger partial charge in [0, 0.05) is 18.3 Å². The van der Waals surface area contributed by atoms with Gasteiger partial charge in [-0.05, 0) is 23.8 Å². The molecule has 27 heavy (non-hydrogen) atoms. The van der Waals surface area contributed by atoms with Crippen LogP contribution in [-0.2, 0) is 20.7 Å². The molecule has 140 valence electrons. The van der Waals surface area contributed by atoms with E-state index in [2.05, 4.69) is 5.92 Å². The average Bonchev–Trinajstić information content (AvgIpc) is 2.65. The van der Waals surface area contributed by atoms with Crippen LogP contribution in [0.25, 0.3) is 0 Å². The number of hydrogen-bond acceptors (Lipinski definition) is 4. The largest absolute Gasteiger partial charge is 0.493 e. The van der Waals surface area contributed by atoms with Crippen molar-refractivity contribution < 1.29 is 24.2 Å². The minimum Gasteiger partial charge on any atom is -0.493 e. The molecule has 0 saturated carbocycles. The van der Waals surface area contributed by atoms with E-state index in [4.69, 9.17) is 15.9 Å². The fourth-order valence-corrected chi connectivity index (χ4v) is 2.81. The Balaban J connectivity index is 2.10. The lowest BCUT2D eigenvalue weighted by atomic mass is 9.81. The smallest absolute Gasteiger partial charge is 0.335 e. The average molecular weight is 366 g/mol. The Morgan fingerprint density at radius 2 is 2.11 bits per heavy atom. The number of ketones is 1. The molecule has 0 aromatic heterocycles. The van der Waals surface area contributed by atoms with Crippen molar-refractivity contribution in [2.75, 3.05) is 13.7 Å². The summed E-state index contributed by atoms with van der Waals surface area (Å²) in [5, 5.41) is 9.22. The molecular formula is C22H22O5. The number of hydrogen-bond donors (Lipinski definition) is 1. The molecule has 2 rings (SSSR count). The van der Waals surface area contributed by atoms with Gasteiger partial charge in [0.1, 0.15) is 12.4 Å². The van der Waals surface area contributed by atoms with Crippen LogP contribution in [0.2, 0.25) is 0 Å². The number of terminal acetylenes is 1.